The number of likely N-dealkylation sites (tertiary alicyclic amines) is 1. The maximum Gasteiger partial charge on any atom is 0.313 e. The molecule has 166 valence electrons. The van der Waals surface area contributed by atoms with Crippen molar-refractivity contribution in [3.05, 3.63) is 77.9 Å². The fraction of sp³-hybridized carbons (Fsp3) is 0.333. The lowest BCUT2D eigenvalue weighted by molar-refractivity contribution is -0.161. The van der Waals surface area contributed by atoms with Crippen molar-refractivity contribution < 1.29 is 19.1 Å². The van der Waals surface area contributed by atoms with E-state index in [9.17, 15) is 9.59 Å². The minimum absolute atomic E-state index is 0.134. The third-order valence-electron chi connectivity index (χ3n) is 6.22. The van der Waals surface area contributed by atoms with Gasteiger partial charge in [0.2, 0.25) is 0 Å². The first-order chi connectivity index (χ1) is 15.3. The van der Waals surface area contributed by atoms with E-state index in [0.717, 1.165) is 27.6 Å². The Labute approximate surface area is 188 Å². The van der Waals surface area contributed by atoms with Crippen LogP contribution in [0.4, 0.5) is 0 Å². The van der Waals surface area contributed by atoms with Gasteiger partial charge in [0.05, 0.1) is 13.0 Å². The Bertz CT molecular complexity index is 1140. The van der Waals surface area contributed by atoms with Gasteiger partial charge in [0.15, 0.2) is 6.10 Å². The van der Waals surface area contributed by atoms with Gasteiger partial charge < -0.3 is 14.4 Å². The van der Waals surface area contributed by atoms with E-state index >= 15 is 0 Å². The van der Waals surface area contributed by atoms with Crippen LogP contribution in [0.5, 0.6) is 5.75 Å². The normalized spacial score (nSPS) is 18.6. The SMILES string of the molecule is COc1ccc2cc([C@@H](C)C(=O)O[C@H]3C(=O)N(Cc4ccccc4)CC3(C)C)ccc2c1. The Morgan fingerprint density at radius 2 is 1.75 bits per heavy atom. The third kappa shape index (κ3) is 4.33. The molecule has 0 spiro atoms. The van der Waals surface area contributed by atoms with Gasteiger partial charge in [0, 0.05) is 18.5 Å². The van der Waals surface area contributed by atoms with Crippen molar-refractivity contribution in [3.8, 4) is 5.75 Å². The molecule has 1 aliphatic heterocycles. The molecule has 4 rings (SSSR count). The van der Waals surface area contributed by atoms with E-state index < -0.39 is 17.4 Å². The van der Waals surface area contributed by atoms with Gasteiger partial charge in [-0.25, -0.2) is 0 Å². The molecule has 1 aliphatic rings. The monoisotopic (exact) mass is 431 g/mol. The summed E-state index contributed by atoms with van der Waals surface area (Å²) in [6.07, 6.45) is -0.786. The van der Waals surface area contributed by atoms with Crippen molar-refractivity contribution in [1.82, 2.24) is 4.90 Å². The van der Waals surface area contributed by atoms with Crippen LogP contribution in [0.15, 0.2) is 66.7 Å². The number of carbonyl (C=O) groups excluding carboxylic acids is 2. The van der Waals surface area contributed by atoms with Crippen LogP contribution < -0.4 is 4.74 Å². The summed E-state index contributed by atoms with van der Waals surface area (Å²) in [7, 11) is 1.64. The van der Waals surface area contributed by atoms with Gasteiger partial charge in [-0.15, -0.1) is 0 Å². The maximum atomic E-state index is 13.1. The van der Waals surface area contributed by atoms with Gasteiger partial charge in [-0.05, 0) is 41.0 Å². The number of methoxy groups -OCH3 is 1. The summed E-state index contributed by atoms with van der Waals surface area (Å²) < 4.78 is 11.1. The highest BCUT2D eigenvalue weighted by atomic mass is 16.6. The zero-order valence-corrected chi connectivity index (χ0v) is 19.0. The molecule has 1 amide bonds. The Balaban J connectivity index is 1.48. The van der Waals surface area contributed by atoms with E-state index in [1.165, 1.54) is 0 Å². The number of fused-ring (bicyclic) bond motifs is 1. The number of benzene rings is 3. The van der Waals surface area contributed by atoms with Crippen LogP contribution in [0.25, 0.3) is 10.8 Å². The Morgan fingerprint density at radius 3 is 2.47 bits per heavy atom. The lowest BCUT2D eigenvalue weighted by Gasteiger charge is -2.25. The summed E-state index contributed by atoms with van der Waals surface area (Å²) in [6, 6.07) is 21.6. The van der Waals surface area contributed by atoms with E-state index in [0.29, 0.717) is 13.1 Å². The van der Waals surface area contributed by atoms with Crippen molar-refractivity contribution in [2.45, 2.75) is 39.3 Å². The highest BCUT2D eigenvalue weighted by Gasteiger charge is 2.49. The summed E-state index contributed by atoms with van der Waals surface area (Å²) in [5.41, 5.74) is 1.46. The van der Waals surface area contributed by atoms with Gasteiger partial charge in [0.1, 0.15) is 5.75 Å². The molecule has 1 saturated heterocycles. The van der Waals surface area contributed by atoms with E-state index in [1.807, 2.05) is 87.5 Å². The molecule has 0 radical (unpaired) electrons. The number of nitrogens with zero attached hydrogens (tertiary/aromatic N) is 1. The number of esters is 1. The minimum Gasteiger partial charge on any atom is -0.497 e. The molecule has 0 aliphatic carbocycles. The fourth-order valence-electron chi connectivity index (χ4n) is 4.29. The van der Waals surface area contributed by atoms with Gasteiger partial charge in [-0.3, -0.25) is 9.59 Å². The molecule has 0 saturated carbocycles. The predicted octanol–water partition coefficient (Wildman–Crippen LogP) is 4.93. The smallest absolute Gasteiger partial charge is 0.313 e. The highest BCUT2D eigenvalue weighted by molar-refractivity contribution is 5.89. The Kier molecular flexibility index (Phi) is 5.92. The van der Waals surface area contributed by atoms with Crippen LogP contribution in [0.3, 0.4) is 0 Å². The summed E-state index contributed by atoms with van der Waals surface area (Å²) in [5, 5.41) is 2.06. The van der Waals surface area contributed by atoms with Crippen molar-refractivity contribution in [2.75, 3.05) is 13.7 Å². The predicted molar refractivity (Wildman–Crippen MR) is 124 cm³/mol. The molecule has 5 heteroatoms. The van der Waals surface area contributed by atoms with Crippen LogP contribution in [-0.4, -0.2) is 36.5 Å². The van der Waals surface area contributed by atoms with Crippen molar-refractivity contribution in [3.63, 3.8) is 0 Å². The van der Waals surface area contributed by atoms with Crippen LogP contribution in [0.2, 0.25) is 0 Å². The summed E-state index contributed by atoms with van der Waals surface area (Å²) in [5.74, 6) is -0.205. The summed E-state index contributed by atoms with van der Waals surface area (Å²) in [6.45, 7) is 6.83. The standard InChI is InChI=1S/C27H29NO4/c1-18(20-10-11-22-15-23(31-4)13-12-21(22)14-20)26(30)32-24-25(29)28(17-27(24,2)3)16-19-8-6-5-7-9-19/h5-15,18,24H,16-17H2,1-4H3/t18-,24+/m1/s1. The molecule has 0 N–H and O–H groups in total. The number of hydrogen-bond acceptors (Lipinski definition) is 4. The molecular formula is C27H29NO4. The Morgan fingerprint density at radius 1 is 1.06 bits per heavy atom. The summed E-state index contributed by atoms with van der Waals surface area (Å²) in [4.78, 5) is 27.9. The van der Waals surface area contributed by atoms with Crippen LogP contribution in [0, 0.1) is 5.41 Å². The largest absolute Gasteiger partial charge is 0.497 e. The van der Waals surface area contributed by atoms with E-state index in [4.69, 9.17) is 9.47 Å². The fourth-order valence-corrected chi connectivity index (χ4v) is 4.29. The lowest BCUT2D eigenvalue weighted by atomic mass is 9.89. The minimum atomic E-state index is -0.786. The van der Waals surface area contributed by atoms with E-state index in [-0.39, 0.29) is 11.9 Å². The lowest BCUT2D eigenvalue weighted by Crippen LogP contribution is -2.37. The average Bonchev–Trinajstić information content (AvgIpc) is 3.01. The van der Waals surface area contributed by atoms with Crippen molar-refractivity contribution in [2.24, 2.45) is 5.41 Å². The van der Waals surface area contributed by atoms with Gasteiger partial charge in [-0.2, -0.15) is 0 Å². The molecule has 0 aromatic heterocycles. The molecular weight excluding hydrogens is 402 g/mol. The number of hydrogen-bond donors (Lipinski definition) is 0. The molecule has 1 fully saturated rings. The van der Waals surface area contributed by atoms with Gasteiger partial charge in [0.25, 0.3) is 5.91 Å². The highest BCUT2D eigenvalue weighted by Crippen LogP contribution is 2.35. The second kappa shape index (κ2) is 8.65. The second-order valence-corrected chi connectivity index (χ2v) is 9.18. The first kappa shape index (κ1) is 21.9. The molecule has 1 heterocycles. The van der Waals surface area contributed by atoms with Crippen LogP contribution in [0.1, 0.15) is 37.8 Å². The number of rotatable bonds is 6. The third-order valence-corrected chi connectivity index (χ3v) is 6.22. The van der Waals surface area contributed by atoms with Crippen LogP contribution in [-0.2, 0) is 20.9 Å². The molecule has 0 unspecified atom stereocenters. The second-order valence-electron chi connectivity index (χ2n) is 9.18. The molecule has 3 aromatic rings. The van der Waals surface area contributed by atoms with Crippen molar-refractivity contribution in [1.29, 1.82) is 0 Å². The van der Waals surface area contributed by atoms with Gasteiger partial charge >= 0.3 is 5.97 Å². The number of ether oxygens (including phenoxy) is 2. The molecule has 32 heavy (non-hydrogen) atoms. The maximum absolute atomic E-state index is 13.1. The zero-order valence-electron chi connectivity index (χ0n) is 19.0. The van der Waals surface area contributed by atoms with Gasteiger partial charge in [-0.1, -0.05) is 68.4 Å². The van der Waals surface area contributed by atoms with E-state index in [2.05, 4.69) is 0 Å². The molecule has 2 atom stereocenters. The molecule has 0 bridgehead atoms. The summed E-state index contributed by atoms with van der Waals surface area (Å²) >= 11 is 0. The van der Waals surface area contributed by atoms with Crippen LogP contribution >= 0.6 is 0 Å². The zero-order chi connectivity index (χ0) is 22.9. The number of amides is 1. The quantitative estimate of drug-likeness (QED) is 0.519. The average molecular weight is 432 g/mol. The molecule has 5 nitrogen and oxygen atoms in total. The van der Waals surface area contributed by atoms with E-state index in [1.54, 1.807) is 12.0 Å². The Hall–Kier alpha value is -3.34. The first-order valence-corrected chi connectivity index (χ1v) is 10.9. The van der Waals surface area contributed by atoms with Crippen molar-refractivity contribution >= 4 is 22.6 Å². The first-order valence-electron chi connectivity index (χ1n) is 10.9. The number of carbonyl (C=O) groups is 2. The topological polar surface area (TPSA) is 55.8 Å². The molecule has 3 aromatic carbocycles.